The first-order valence-corrected chi connectivity index (χ1v) is 7.62. The minimum absolute atomic E-state index is 0.0146. The molecule has 2 rings (SSSR count). The maximum Gasteiger partial charge on any atom is 0.133 e. The molecule has 112 valence electrons. The topological polar surface area (TPSA) is 30.5 Å². The van der Waals surface area contributed by atoms with Crippen LogP contribution in [0.4, 0.5) is 0 Å². The number of hydrogen-bond donors (Lipinski definition) is 1. The smallest absolute Gasteiger partial charge is 0.133 e. The lowest BCUT2D eigenvalue weighted by atomic mass is 9.97. The Labute approximate surface area is 138 Å². The zero-order valence-electron chi connectivity index (χ0n) is 12.1. The summed E-state index contributed by atoms with van der Waals surface area (Å²) >= 11 is 9.44. The van der Waals surface area contributed by atoms with Crippen molar-refractivity contribution < 1.29 is 9.47 Å². The summed E-state index contributed by atoms with van der Waals surface area (Å²) in [5.74, 6) is 1.55. The van der Waals surface area contributed by atoms with E-state index in [9.17, 15) is 0 Å². The molecule has 0 aliphatic carbocycles. The second-order valence-corrected chi connectivity index (χ2v) is 5.79. The van der Waals surface area contributed by atoms with Gasteiger partial charge in [0.05, 0.1) is 24.7 Å². The molecule has 0 radical (unpaired) electrons. The minimum Gasteiger partial charge on any atom is -0.496 e. The first-order chi connectivity index (χ1) is 10.1. The Bertz CT molecular complexity index is 616. The summed E-state index contributed by atoms with van der Waals surface area (Å²) in [7, 11) is 5.21. The number of nitrogens with one attached hydrogen (secondary N) is 1. The SMILES string of the molecule is CNC(c1ccc(Cl)cc1)c1cc(OC)c(Br)cc1OC. The fourth-order valence-corrected chi connectivity index (χ4v) is 2.88. The molecule has 1 N–H and O–H groups in total. The first-order valence-electron chi connectivity index (χ1n) is 6.44. The Morgan fingerprint density at radius 2 is 1.67 bits per heavy atom. The Hall–Kier alpha value is -1.23. The molecule has 0 saturated carbocycles. The van der Waals surface area contributed by atoms with E-state index in [-0.39, 0.29) is 6.04 Å². The van der Waals surface area contributed by atoms with Crippen molar-refractivity contribution in [1.29, 1.82) is 0 Å². The van der Waals surface area contributed by atoms with E-state index in [0.29, 0.717) is 5.02 Å². The van der Waals surface area contributed by atoms with Gasteiger partial charge in [-0.25, -0.2) is 0 Å². The van der Waals surface area contributed by atoms with Gasteiger partial charge in [0, 0.05) is 10.6 Å². The molecule has 1 unspecified atom stereocenters. The quantitative estimate of drug-likeness (QED) is 0.844. The van der Waals surface area contributed by atoms with E-state index in [2.05, 4.69) is 21.2 Å². The normalized spacial score (nSPS) is 12.0. The van der Waals surface area contributed by atoms with Crippen molar-refractivity contribution in [3.63, 3.8) is 0 Å². The van der Waals surface area contributed by atoms with Crippen LogP contribution in [-0.2, 0) is 0 Å². The van der Waals surface area contributed by atoms with Crippen LogP contribution in [0.3, 0.4) is 0 Å². The van der Waals surface area contributed by atoms with Crippen LogP contribution in [0.25, 0.3) is 0 Å². The molecule has 2 aromatic rings. The molecule has 21 heavy (non-hydrogen) atoms. The summed E-state index contributed by atoms with van der Waals surface area (Å²) in [6.07, 6.45) is 0. The number of ether oxygens (including phenoxy) is 2. The zero-order valence-corrected chi connectivity index (χ0v) is 14.5. The average Bonchev–Trinajstić information content (AvgIpc) is 2.50. The summed E-state index contributed by atoms with van der Waals surface area (Å²) in [6.45, 7) is 0. The van der Waals surface area contributed by atoms with Gasteiger partial charge in [0.15, 0.2) is 0 Å². The van der Waals surface area contributed by atoms with Crippen LogP contribution in [0.5, 0.6) is 11.5 Å². The van der Waals surface area contributed by atoms with Gasteiger partial charge in [-0.2, -0.15) is 0 Å². The molecular weight excluding hydrogens is 354 g/mol. The zero-order chi connectivity index (χ0) is 15.4. The lowest BCUT2D eigenvalue weighted by Gasteiger charge is -2.21. The van der Waals surface area contributed by atoms with E-state index in [4.69, 9.17) is 21.1 Å². The van der Waals surface area contributed by atoms with Crippen molar-refractivity contribution in [2.24, 2.45) is 0 Å². The monoisotopic (exact) mass is 369 g/mol. The van der Waals surface area contributed by atoms with Crippen molar-refractivity contribution in [2.45, 2.75) is 6.04 Å². The standard InChI is InChI=1S/C16H17BrClNO2/c1-19-16(10-4-6-11(18)7-5-10)12-8-15(21-3)13(17)9-14(12)20-2/h4-9,16,19H,1-3H3. The maximum absolute atomic E-state index is 5.96. The highest BCUT2D eigenvalue weighted by Gasteiger charge is 2.19. The van der Waals surface area contributed by atoms with Gasteiger partial charge in [0.25, 0.3) is 0 Å². The summed E-state index contributed by atoms with van der Waals surface area (Å²) in [4.78, 5) is 0. The van der Waals surface area contributed by atoms with E-state index in [0.717, 1.165) is 27.1 Å². The highest BCUT2D eigenvalue weighted by Crippen LogP contribution is 2.38. The van der Waals surface area contributed by atoms with Crippen LogP contribution in [0.15, 0.2) is 40.9 Å². The van der Waals surface area contributed by atoms with Crippen LogP contribution >= 0.6 is 27.5 Å². The molecule has 3 nitrogen and oxygen atoms in total. The fraction of sp³-hybridized carbons (Fsp3) is 0.250. The molecule has 0 aromatic heterocycles. The molecule has 0 heterocycles. The van der Waals surface area contributed by atoms with Gasteiger partial charge < -0.3 is 14.8 Å². The molecular formula is C16H17BrClNO2. The van der Waals surface area contributed by atoms with E-state index in [1.54, 1.807) is 14.2 Å². The molecule has 0 saturated heterocycles. The Morgan fingerprint density at radius 1 is 1.05 bits per heavy atom. The van der Waals surface area contributed by atoms with E-state index >= 15 is 0 Å². The molecule has 1 atom stereocenters. The maximum atomic E-state index is 5.96. The number of hydrogen-bond acceptors (Lipinski definition) is 3. The van der Waals surface area contributed by atoms with Crippen LogP contribution in [-0.4, -0.2) is 21.3 Å². The summed E-state index contributed by atoms with van der Waals surface area (Å²) in [5, 5.41) is 4.02. The van der Waals surface area contributed by atoms with Gasteiger partial charge in [0.2, 0.25) is 0 Å². The van der Waals surface area contributed by atoms with Gasteiger partial charge in [-0.1, -0.05) is 23.7 Å². The van der Waals surface area contributed by atoms with Crippen LogP contribution in [0.2, 0.25) is 5.02 Å². The van der Waals surface area contributed by atoms with Crippen molar-refractivity contribution in [1.82, 2.24) is 5.32 Å². The van der Waals surface area contributed by atoms with Crippen LogP contribution < -0.4 is 14.8 Å². The molecule has 0 aliphatic heterocycles. The van der Waals surface area contributed by atoms with Crippen molar-refractivity contribution >= 4 is 27.5 Å². The third kappa shape index (κ3) is 3.51. The van der Waals surface area contributed by atoms with E-state index < -0.39 is 0 Å². The fourth-order valence-electron chi connectivity index (χ4n) is 2.27. The van der Waals surface area contributed by atoms with Crippen molar-refractivity contribution in [3.8, 4) is 11.5 Å². The second-order valence-electron chi connectivity index (χ2n) is 4.50. The van der Waals surface area contributed by atoms with Crippen molar-refractivity contribution in [3.05, 3.63) is 57.0 Å². The minimum atomic E-state index is -0.0146. The largest absolute Gasteiger partial charge is 0.496 e. The number of rotatable bonds is 5. The predicted molar refractivity (Wildman–Crippen MR) is 89.6 cm³/mol. The highest BCUT2D eigenvalue weighted by molar-refractivity contribution is 9.10. The lowest BCUT2D eigenvalue weighted by Crippen LogP contribution is -2.18. The number of halogens is 2. The predicted octanol–water partition coefficient (Wildman–Crippen LogP) is 4.43. The molecule has 0 bridgehead atoms. The highest BCUT2D eigenvalue weighted by atomic mass is 79.9. The number of methoxy groups -OCH3 is 2. The van der Waals surface area contributed by atoms with Gasteiger partial charge in [-0.15, -0.1) is 0 Å². The van der Waals surface area contributed by atoms with E-state index in [1.807, 2.05) is 43.4 Å². The molecule has 2 aromatic carbocycles. The first kappa shape index (κ1) is 16.1. The third-order valence-corrected chi connectivity index (χ3v) is 4.18. The Kier molecular flexibility index (Phi) is 5.51. The van der Waals surface area contributed by atoms with Gasteiger partial charge in [-0.05, 0) is 52.8 Å². The van der Waals surface area contributed by atoms with E-state index in [1.165, 1.54) is 0 Å². The third-order valence-electron chi connectivity index (χ3n) is 3.31. The van der Waals surface area contributed by atoms with Crippen molar-refractivity contribution in [2.75, 3.05) is 21.3 Å². The molecule has 0 spiro atoms. The van der Waals surface area contributed by atoms with Crippen LogP contribution in [0.1, 0.15) is 17.2 Å². The summed E-state index contributed by atoms with van der Waals surface area (Å²) in [6, 6.07) is 11.6. The molecule has 0 amide bonds. The lowest BCUT2D eigenvalue weighted by molar-refractivity contribution is 0.393. The van der Waals surface area contributed by atoms with Gasteiger partial charge >= 0.3 is 0 Å². The second kappa shape index (κ2) is 7.16. The number of benzene rings is 2. The summed E-state index contributed by atoms with van der Waals surface area (Å²) < 4.78 is 11.7. The average molecular weight is 371 g/mol. The summed E-state index contributed by atoms with van der Waals surface area (Å²) in [5.41, 5.74) is 2.10. The van der Waals surface area contributed by atoms with Crippen LogP contribution in [0, 0.1) is 0 Å². The molecule has 5 heteroatoms. The molecule has 0 fully saturated rings. The molecule has 0 aliphatic rings. The Balaban J connectivity index is 2.52. The Morgan fingerprint density at radius 3 is 2.19 bits per heavy atom. The van der Waals surface area contributed by atoms with Gasteiger partial charge in [-0.3, -0.25) is 0 Å². The van der Waals surface area contributed by atoms with Gasteiger partial charge in [0.1, 0.15) is 11.5 Å².